The van der Waals surface area contributed by atoms with E-state index in [1.165, 1.54) is 0 Å². The maximum atomic E-state index is 12.7. The van der Waals surface area contributed by atoms with Gasteiger partial charge in [0.1, 0.15) is 11.8 Å². The minimum Gasteiger partial charge on any atom is -0.368 e. The van der Waals surface area contributed by atoms with Gasteiger partial charge < -0.3 is 14.5 Å². The molecule has 1 unspecified atom stereocenters. The average Bonchev–Trinajstić information content (AvgIpc) is 3.23. The number of carbonyl (C=O) groups is 2. The molecule has 2 fully saturated rings. The Hall–Kier alpha value is -1.89. The van der Waals surface area contributed by atoms with Crippen LogP contribution in [0.3, 0.4) is 0 Å². The van der Waals surface area contributed by atoms with Gasteiger partial charge in [0, 0.05) is 39.8 Å². The van der Waals surface area contributed by atoms with E-state index in [2.05, 4.69) is 18.9 Å². The van der Waals surface area contributed by atoms with Gasteiger partial charge >= 0.3 is 0 Å². The van der Waals surface area contributed by atoms with Crippen LogP contribution in [-0.4, -0.2) is 70.3 Å². The molecule has 0 radical (unpaired) electrons. The average molecular weight is 334 g/mol. The first-order valence-electron chi connectivity index (χ1n) is 8.71. The second-order valence-electron chi connectivity index (χ2n) is 6.85. The van der Waals surface area contributed by atoms with Gasteiger partial charge in [-0.15, -0.1) is 0 Å². The number of hydrogen-bond acceptors (Lipinski definition) is 4. The van der Waals surface area contributed by atoms with E-state index in [0.29, 0.717) is 44.4 Å². The number of carbonyl (C=O) groups excluding carboxylic acids is 2. The molecular formula is C17H26N4O3. The monoisotopic (exact) mass is 334 g/mol. The number of nitrogens with zero attached hydrogens (tertiary/aromatic N) is 4. The van der Waals surface area contributed by atoms with Crippen LogP contribution in [0.25, 0.3) is 0 Å². The van der Waals surface area contributed by atoms with Crippen LogP contribution in [0.4, 0.5) is 0 Å². The molecule has 132 valence electrons. The van der Waals surface area contributed by atoms with Crippen LogP contribution in [0.5, 0.6) is 0 Å². The van der Waals surface area contributed by atoms with Crippen molar-refractivity contribution in [1.82, 2.24) is 19.6 Å². The molecule has 3 rings (SSSR count). The molecule has 1 atom stereocenters. The van der Waals surface area contributed by atoms with E-state index < -0.39 is 0 Å². The Kier molecular flexibility index (Phi) is 4.89. The minimum atomic E-state index is -0.280. The first-order valence-corrected chi connectivity index (χ1v) is 8.71. The van der Waals surface area contributed by atoms with Crippen LogP contribution in [0.1, 0.15) is 48.8 Å². The number of piperazine rings is 1. The van der Waals surface area contributed by atoms with E-state index in [1.807, 2.05) is 11.0 Å². The zero-order chi connectivity index (χ0) is 17.3. The minimum absolute atomic E-state index is 0.0129. The lowest BCUT2D eigenvalue weighted by atomic mass is 10.1. The van der Waals surface area contributed by atoms with Crippen molar-refractivity contribution in [2.75, 3.05) is 32.8 Å². The summed E-state index contributed by atoms with van der Waals surface area (Å²) in [5, 5.41) is 4.41. The van der Waals surface area contributed by atoms with Gasteiger partial charge in [0.25, 0.3) is 11.8 Å². The van der Waals surface area contributed by atoms with E-state index in [9.17, 15) is 9.59 Å². The Morgan fingerprint density at radius 3 is 2.42 bits per heavy atom. The third-order valence-corrected chi connectivity index (χ3v) is 4.79. The zero-order valence-electron chi connectivity index (χ0n) is 14.7. The lowest BCUT2D eigenvalue weighted by Crippen LogP contribution is -2.53. The van der Waals surface area contributed by atoms with Crippen LogP contribution < -0.4 is 0 Å². The summed E-state index contributed by atoms with van der Waals surface area (Å²) in [5.41, 5.74) is 1.53. The van der Waals surface area contributed by atoms with E-state index in [4.69, 9.17) is 4.74 Å². The summed E-state index contributed by atoms with van der Waals surface area (Å²) >= 11 is 0. The summed E-state index contributed by atoms with van der Waals surface area (Å²) in [6.07, 6.45) is 1.48. The second kappa shape index (κ2) is 6.93. The van der Waals surface area contributed by atoms with E-state index in [-0.39, 0.29) is 17.9 Å². The molecule has 0 saturated carbocycles. The van der Waals surface area contributed by atoms with Gasteiger partial charge in [-0.3, -0.25) is 14.3 Å². The molecule has 0 aliphatic carbocycles. The molecule has 7 nitrogen and oxygen atoms in total. The number of aromatic nitrogens is 2. The highest BCUT2D eigenvalue weighted by Crippen LogP contribution is 2.18. The molecule has 2 amide bonds. The first-order chi connectivity index (χ1) is 11.5. The van der Waals surface area contributed by atoms with Crippen molar-refractivity contribution in [3.8, 4) is 0 Å². The first kappa shape index (κ1) is 17.0. The predicted octanol–water partition coefficient (Wildman–Crippen LogP) is 1.01. The number of amides is 2. The van der Waals surface area contributed by atoms with Crippen molar-refractivity contribution < 1.29 is 14.3 Å². The summed E-state index contributed by atoms with van der Waals surface area (Å²) in [7, 11) is 1.80. The number of rotatable bonds is 3. The standard InChI is InChI=1S/C17H26N4O3/c1-12(2)13-11-14(19(3)18-13)16(22)20-6-8-21(9-7-20)17(23)15-5-4-10-24-15/h11-12,15H,4-10H2,1-3H3. The van der Waals surface area contributed by atoms with Crippen LogP contribution in [-0.2, 0) is 16.6 Å². The molecule has 7 heteroatoms. The maximum Gasteiger partial charge on any atom is 0.272 e. The second-order valence-corrected chi connectivity index (χ2v) is 6.85. The van der Waals surface area contributed by atoms with Gasteiger partial charge in [-0.2, -0.15) is 5.10 Å². The normalized spacial score (nSPS) is 21.6. The third-order valence-electron chi connectivity index (χ3n) is 4.79. The van der Waals surface area contributed by atoms with Crippen LogP contribution in [0, 0.1) is 0 Å². The van der Waals surface area contributed by atoms with Crippen molar-refractivity contribution >= 4 is 11.8 Å². The highest BCUT2D eigenvalue weighted by Gasteiger charge is 2.32. The summed E-state index contributed by atoms with van der Waals surface area (Å²) < 4.78 is 7.12. The van der Waals surface area contributed by atoms with E-state index in [0.717, 1.165) is 18.5 Å². The molecule has 2 aliphatic heterocycles. The van der Waals surface area contributed by atoms with Gasteiger partial charge in [-0.25, -0.2) is 0 Å². The molecule has 0 spiro atoms. The molecule has 0 bridgehead atoms. The number of ether oxygens (including phenoxy) is 1. The third kappa shape index (κ3) is 3.31. The van der Waals surface area contributed by atoms with Gasteiger partial charge in [-0.05, 0) is 24.8 Å². The lowest BCUT2D eigenvalue weighted by Gasteiger charge is -2.35. The number of hydrogen-bond donors (Lipinski definition) is 0. The predicted molar refractivity (Wildman–Crippen MR) is 88.8 cm³/mol. The topological polar surface area (TPSA) is 67.7 Å². The van der Waals surface area contributed by atoms with Gasteiger partial charge in [0.15, 0.2) is 0 Å². The van der Waals surface area contributed by atoms with Crippen molar-refractivity contribution in [3.05, 3.63) is 17.5 Å². The summed E-state index contributed by atoms with van der Waals surface area (Å²) in [4.78, 5) is 28.7. The fourth-order valence-corrected chi connectivity index (χ4v) is 3.24. The highest BCUT2D eigenvalue weighted by atomic mass is 16.5. The van der Waals surface area contributed by atoms with E-state index >= 15 is 0 Å². The van der Waals surface area contributed by atoms with Crippen LogP contribution >= 0.6 is 0 Å². The summed E-state index contributed by atoms with van der Waals surface area (Å²) in [5.74, 6) is 0.349. The fourth-order valence-electron chi connectivity index (χ4n) is 3.24. The largest absolute Gasteiger partial charge is 0.368 e. The molecular weight excluding hydrogens is 308 g/mol. The Morgan fingerprint density at radius 2 is 1.88 bits per heavy atom. The van der Waals surface area contributed by atoms with Gasteiger partial charge in [0.05, 0.1) is 5.69 Å². The molecule has 2 aliphatic rings. The maximum absolute atomic E-state index is 12.7. The number of aryl methyl sites for hydroxylation is 1. The van der Waals surface area contributed by atoms with Crippen molar-refractivity contribution in [2.45, 2.75) is 38.7 Å². The Labute approximate surface area is 142 Å². The molecule has 2 saturated heterocycles. The Morgan fingerprint density at radius 1 is 1.21 bits per heavy atom. The lowest BCUT2D eigenvalue weighted by molar-refractivity contribution is -0.142. The smallest absolute Gasteiger partial charge is 0.272 e. The van der Waals surface area contributed by atoms with Gasteiger partial charge in [0.2, 0.25) is 0 Å². The molecule has 1 aromatic rings. The summed E-state index contributed by atoms with van der Waals surface area (Å²) in [6.45, 7) is 7.04. The molecule has 3 heterocycles. The fraction of sp³-hybridized carbons (Fsp3) is 0.706. The molecule has 24 heavy (non-hydrogen) atoms. The van der Waals surface area contributed by atoms with Crippen LogP contribution in [0.2, 0.25) is 0 Å². The van der Waals surface area contributed by atoms with Crippen molar-refractivity contribution in [2.24, 2.45) is 7.05 Å². The molecule has 0 aromatic carbocycles. The quantitative estimate of drug-likeness (QED) is 0.827. The van der Waals surface area contributed by atoms with E-state index in [1.54, 1.807) is 16.6 Å². The van der Waals surface area contributed by atoms with Crippen molar-refractivity contribution in [1.29, 1.82) is 0 Å². The van der Waals surface area contributed by atoms with Crippen LogP contribution in [0.15, 0.2) is 6.07 Å². The van der Waals surface area contributed by atoms with Crippen molar-refractivity contribution in [3.63, 3.8) is 0 Å². The van der Waals surface area contributed by atoms with Gasteiger partial charge in [-0.1, -0.05) is 13.8 Å². The Bertz CT molecular complexity index is 611. The Balaban J connectivity index is 1.60. The molecule has 1 aromatic heterocycles. The zero-order valence-corrected chi connectivity index (χ0v) is 14.7. The highest BCUT2D eigenvalue weighted by molar-refractivity contribution is 5.93. The summed E-state index contributed by atoms with van der Waals surface area (Å²) in [6, 6.07) is 1.87. The molecule has 0 N–H and O–H groups in total. The SMILES string of the molecule is CC(C)c1cc(C(=O)N2CCN(C(=O)C3CCCO3)CC2)n(C)n1.